The second-order valence-corrected chi connectivity index (χ2v) is 6.12. The standard InChI is InChI=1S/C16H17BrN4O4/c1-2-3-4-13(22)20-18-9-12-14(23)19-16(25)21(15(12)24)11-7-5-10(17)6-8-11/h5-9,24H,2-4H2,1H3,(H,20,22)(H,19,23,25)/b18-9+. The van der Waals surface area contributed by atoms with Gasteiger partial charge in [0.1, 0.15) is 5.56 Å². The summed E-state index contributed by atoms with van der Waals surface area (Å²) in [6, 6.07) is 6.57. The number of hydrogen-bond donors (Lipinski definition) is 3. The van der Waals surface area contributed by atoms with Crippen molar-refractivity contribution in [2.24, 2.45) is 5.10 Å². The maximum atomic E-state index is 12.0. The number of amides is 1. The average Bonchev–Trinajstić information content (AvgIpc) is 2.57. The van der Waals surface area contributed by atoms with Crippen LogP contribution < -0.4 is 16.7 Å². The molecule has 0 aliphatic rings. The van der Waals surface area contributed by atoms with Crippen LogP contribution in [0.25, 0.3) is 5.69 Å². The molecule has 0 radical (unpaired) electrons. The van der Waals surface area contributed by atoms with Crippen molar-refractivity contribution in [2.75, 3.05) is 0 Å². The minimum Gasteiger partial charge on any atom is -0.493 e. The van der Waals surface area contributed by atoms with Gasteiger partial charge < -0.3 is 5.11 Å². The molecule has 3 N–H and O–H groups in total. The summed E-state index contributed by atoms with van der Waals surface area (Å²) in [6.45, 7) is 1.96. The Balaban J connectivity index is 2.35. The Morgan fingerprint density at radius 1 is 1.36 bits per heavy atom. The molecule has 0 atom stereocenters. The zero-order valence-electron chi connectivity index (χ0n) is 13.5. The number of nitrogens with zero attached hydrogens (tertiary/aromatic N) is 2. The fraction of sp³-hybridized carbons (Fsp3) is 0.250. The summed E-state index contributed by atoms with van der Waals surface area (Å²) in [7, 11) is 0. The van der Waals surface area contributed by atoms with Gasteiger partial charge in [0.25, 0.3) is 5.56 Å². The van der Waals surface area contributed by atoms with E-state index >= 15 is 0 Å². The van der Waals surface area contributed by atoms with E-state index in [1.54, 1.807) is 24.3 Å². The lowest BCUT2D eigenvalue weighted by molar-refractivity contribution is -0.121. The van der Waals surface area contributed by atoms with Crippen LogP contribution >= 0.6 is 15.9 Å². The summed E-state index contributed by atoms with van der Waals surface area (Å²) in [5.41, 5.74) is 0.815. The number of carbonyl (C=O) groups is 1. The molecule has 25 heavy (non-hydrogen) atoms. The summed E-state index contributed by atoms with van der Waals surface area (Å²) in [5, 5.41) is 14.0. The third-order valence-corrected chi connectivity index (χ3v) is 3.87. The minimum absolute atomic E-state index is 0.238. The number of rotatable bonds is 6. The number of aromatic hydroxyl groups is 1. The molecule has 9 heteroatoms. The van der Waals surface area contributed by atoms with Gasteiger partial charge in [-0.3, -0.25) is 14.6 Å². The number of carbonyl (C=O) groups excluding carboxylic acids is 1. The molecule has 0 saturated carbocycles. The molecule has 1 heterocycles. The van der Waals surface area contributed by atoms with Crippen molar-refractivity contribution < 1.29 is 9.90 Å². The molecule has 1 aromatic heterocycles. The fourth-order valence-corrected chi connectivity index (χ4v) is 2.31. The van der Waals surface area contributed by atoms with Crippen LogP contribution in [-0.4, -0.2) is 26.8 Å². The van der Waals surface area contributed by atoms with Gasteiger partial charge in [-0.05, 0) is 30.7 Å². The highest BCUT2D eigenvalue weighted by Crippen LogP contribution is 2.17. The highest BCUT2D eigenvalue weighted by atomic mass is 79.9. The Labute approximate surface area is 151 Å². The third-order valence-electron chi connectivity index (χ3n) is 3.35. The summed E-state index contributed by atoms with van der Waals surface area (Å²) < 4.78 is 1.73. The molecule has 1 aromatic carbocycles. The number of H-pyrrole nitrogens is 1. The molecular weight excluding hydrogens is 392 g/mol. The van der Waals surface area contributed by atoms with Crippen LogP contribution in [0.5, 0.6) is 5.88 Å². The molecule has 1 amide bonds. The van der Waals surface area contributed by atoms with Crippen LogP contribution in [0.1, 0.15) is 31.7 Å². The van der Waals surface area contributed by atoms with E-state index in [4.69, 9.17) is 0 Å². The van der Waals surface area contributed by atoms with Gasteiger partial charge in [-0.25, -0.2) is 14.8 Å². The zero-order chi connectivity index (χ0) is 18.4. The Morgan fingerprint density at radius 3 is 2.68 bits per heavy atom. The van der Waals surface area contributed by atoms with Crippen LogP contribution in [-0.2, 0) is 4.79 Å². The zero-order valence-corrected chi connectivity index (χ0v) is 15.0. The van der Waals surface area contributed by atoms with Gasteiger partial charge in [0.15, 0.2) is 0 Å². The van der Waals surface area contributed by atoms with Crippen molar-refractivity contribution >= 4 is 28.1 Å². The maximum Gasteiger partial charge on any atom is 0.335 e. The largest absolute Gasteiger partial charge is 0.493 e. The van der Waals surface area contributed by atoms with Gasteiger partial charge in [-0.15, -0.1) is 0 Å². The SMILES string of the molecule is CCCCC(=O)N/N=C/c1c(O)n(-c2ccc(Br)cc2)c(=O)[nH]c1=O. The topological polar surface area (TPSA) is 117 Å². The lowest BCUT2D eigenvalue weighted by Gasteiger charge is -2.09. The number of benzene rings is 1. The molecule has 132 valence electrons. The normalized spacial score (nSPS) is 11.0. The average molecular weight is 409 g/mol. The number of hydrazone groups is 1. The maximum absolute atomic E-state index is 12.0. The van der Waals surface area contributed by atoms with Crippen LogP contribution in [0.3, 0.4) is 0 Å². The molecule has 0 unspecified atom stereocenters. The molecule has 0 spiro atoms. The Kier molecular flexibility index (Phi) is 6.29. The van der Waals surface area contributed by atoms with Crippen molar-refractivity contribution in [2.45, 2.75) is 26.2 Å². The number of unbranched alkanes of at least 4 members (excludes halogenated alkanes) is 1. The van der Waals surface area contributed by atoms with Crippen molar-refractivity contribution in [1.82, 2.24) is 15.0 Å². The monoisotopic (exact) mass is 408 g/mol. The Morgan fingerprint density at radius 2 is 2.04 bits per heavy atom. The van der Waals surface area contributed by atoms with E-state index in [9.17, 15) is 19.5 Å². The van der Waals surface area contributed by atoms with Crippen LogP contribution in [0.4, 0.5) is 0 Å². The third kappa shape index (κ3) is 4.66. The van der Waals surface area contributed by atoms with E-state index < -0.39 is 17.1 Å². The smallest absolute Gasteiger partial charge is 0.335 e. The molecule has 2 aromatic rings. The van der Waals surface area contributed by atoms with Crippen LogP contribution in [0.2, 0.25) is 0 Å². The highest BCUT2D eigenvalue weighted by Gasteiger charge is 2.14. The van der Waals surface area contributed by atoms with Gasteiger partial charge in [-0.2, -0.15) is 5.10 Å². The summed E-state index contributed by atoms with van der Waals surface area (Å²) in [5.74, 6) is -0.863. The van der Waals surface area contributed by atoms with Crippen molar-refractivity contribution in [3.63, 3.8) is 0 Å². The van der Waals surface area contributed by atoms with Crippen molar-refractivity contribution in [3.8, 4) is 11.6 Å². The van der Waals surface area contributed by atoms with Gasteiger partial charge in [0, 0.05) is 10.9 Å². The second kappa shape index (κ2) is 8.43. The second-order valence-electron chi connectivity index (χ2n) is 5.21. The first-order valence-corrected chi connectivity index (χ1v) is 8.39. The molecule has 0 aliphatic heterocycles. The number of aromatic nitrogens is 2. The minimum atomic E-state index is -0.803. The van der Waals surface area contributed by atoms with E-state index in [1.165, 1.54) is 0 Å². The van der Waals surface area contributed by atoms with Crippen molar-refractivity contribution in [1.29, 1.82) is 0 Å². The van der Waals surface area contributed by atoms with E-state index in [0.29, 0.717) is 12.1 Å². The van der Waals surface area contributed by atoms with Gasteiger partial charge >= 0.3 is 5.69 Å². The summed E-state index contributed by atoms with van der Waals surface area (Å²) in [4.78, 5) is 37.5. The molecule has 0 aliphatic carbocycles. The first-order valence-electron chi connectivity index (χ1n) is 7.60. The van der Waals surface area contributed by atoms with Crippen LogP contribution in [0.15, 0.2) is 43.4 Å². The highest BCUT2D eigenvalue weighted by molar-refractivity contribution is 9.10. The summed E-state index contributed by atoms with van der Waals surface area (Å²) >= 11 is 3.28. The van der Waals surface area contributed by atoms with Crippen LogP contribution in [0, 0.1) is 0 Å². The van der Waals surface area contributed by atoms with E-state index in [1.807, 2.05) is 6.92 Å². The first-order chi connectivity index (χ1) is 11.9. The summed E-state index contributed by atoms with van der Waals surface area (Å²) in [6.07, 6.45) is 2.92. The molecular formula is C16H17BrN4O4. The van der Waals surface area contributed by atoms with E-state index in [-0.39, 0.29) is 11.5 Å². The van der Waals surface area contributed by atoms with Gasteiger partial charge in [0.05, 0.1) is 11.9 Å². The molecule has 0 fully saturated rings. The quantitative estimate of drug-likeness (QED) is 0.497. The molecule has 0 bridgehead atoms. The lowest BCUT2D eigenvalue weighted by atomic mass is 10.2. The number of aromatic amines is 1. The van der Waals surface area contributed by atoms with Gasteiger partial charge in [-0.1, -0.05) is 29.3 Å². The van der Waals surface area contributed by atoms with Gasteiger partial charge in [0.2, 0.25) is 11.8 Å². The molecule has 8 nitrogen and oxygen atoms in total. The lowest BCUT2D eigenvalue weighted by Crippen LogP contribution is -2.31. The molecule has 0 saturated heterocycles. The predicted octanol–water partition coefficient (Wildman–Crippen LogP) is 1.63. The van der Waals surface area contributed by atoms with Crippen molar-refractivity contribution in [3.05, 3.63) is 55.1 Å². The number of hydrogen-bond acceptors (Lipinski definition) is 5. The number of nitrogens with one attached hydrogen (secondary N) is 2. The number of halogens is 1. The fourth-order valence-electron chi connectivity index (χ4n) is 2.05. The predicted molar refractivity (Wildman–Crippen MR) is 97.3 cm³/mol. The Bertz CT molecular complexity index is 900. The Hall–Kier alpha value is -2.68. The molecule has 2 rings (SSSR count). The van der Waals surface area contributed by atoms with E-state index in [2.05, 4.69) is 31.4 Å². The first kappa shape index (κ1) is 18.7. The van der Waals surface area contributed by atoms with E-state index in [0.717, 1.165) is 28.1 Å².